The van der Waals surface area contributed by atoms with Gasteiger partial charge in [0.15, 0.2) is 0 Å². The van der Waals surface area contributed by atoms with Gasteiger partial charge < -0.3 is 10.3 Å². The molecule has 0 bridgehead atoms. The molecule has 19 heavy (non-hydrogen) atoms. The smallest absolute Gasteiger partial charge is 0.290 e. The zero-order chi connectivity index (χ0) is 13.8. The summed E-state index contributed by atoms with van der Waals surface area (Å²) in [6, 6.07) is 3.05. The van der Waals surface area contributed by atoms with Crippen molar-refractivity contribution < 1.29 is 4.92 Å². The summed E-state index contributed by atoms with van der Waals surface area (Å²) in [4.78, 5) is 21.8. The lowest BCUT2D eigenvalue weighted by atomic mass is 10.3. The number of nitro groups is 1. The molecule has 2 heterocycles. The van der Waals surface area contributed by atoms with Crippen molar-refractivity contribution in [3.05, 3.63) is 45.7 Å². The number of aromatic amines is 1. The number of aryl methyl sites for hydroxylation is 2. The van der Waals surface area contributed by atoms with Crippen molar-refractivity contribution in [3.8, 4) is 0 Å². The Morgan fingerprint density at radius 3 is 2.84 bits per heavy atom. The van der Waals surface area contributed by atoms with Crippen LogP contribution in [0.2, 0.25) is 0 Å². The second-order valence-electron chi connectivity index (χ2n) is 4.12. The number of hydrogen-bond acceptors (Lipinski definition) is 5. The summed E-state index contributed by atoms with van der Waals surface area (Å²) in [5.41, 5.74) is 1.38. The molecule has 7 nitrogen and oxygen atoms in total. The second kappa shape index (κ2) is 5.47. The Hall–Kier alpha value is -2.44. The molecule has 0 aromatic carbocycles. The molecule has 2 rings (SSSR count). The van der Waals surface area contributed by atoms with Crippen molar-refractivity contribution >= 4 is 11.5 Å². The number of imidazole rings is 1. The molecule has 2 N–H and O–H groups in total. The quantitative estimate of drug-likeness (QED) is 0.635. The normalized spacial score (nSPS) is 10.4. The van der Waals surface area contributed by atoms with Crippen LogP contribution in [-0.2, 0) is 13.0 Å². The summed E-state index contributed by atoms with van der Waals surface area (Å²) in [6.07, 6.45) is 2.62. The molecular weight excluding hydrogens is 246 g/mol. The summed E-state index contributed by atoms with van der Waals surface area (Å²) >= 11 is 0. The first kappa shape index (κ1) is 13.0. The standard InChI is InChI=1S/C12H15N5O2/c1-3-11-13-6-9(16-11)7-14-12-5-4-10(17(18)19)8(2)15-12/h4-6H,3,7H2,1-2H3,(H,13,16)(H,14,15). The van der Waals surface area contributed by atoms with Crippen molar-refractivity contribution in [2.75, 3.05) is 5.32 Å². The molecule has 0 fully saturated rings. The predicted octanol–water partition coefficient (Wildman–Crippen LogP) is 2.20. The molecule has 0 unspecified atom stereocenters. The Labute approximate surface area is 110 Å². The van der Waals surface area contributed by atoms with Crippen LogP contribution in [0, 0.1) is 17.0 Å². The van der Waals surface area contributed by atoms with E-state index in [9.17, 15) is 10.1 Å². The average Bonchev–Trinajstić information content (AvgIpc) is 2.84. The minimum Gasteiger partial charge on any atom is -0.364 e. The van der Waals surface area contributed by atoms with Gasteiger partial charge in [0, 0.05) is 12.5 Å². The number of aromatic nitrogens is 3. The molecule has 7 heteroatoms. The summed E-state index contributed by atoms with van der Waals surface area (Å²) in [7, 11) is 0. The molecule has 0 spiro atoms. The number of nitrogens with zero attached hydrogens (tertiary/aromatic N) is 3. The predicted molar refractivity (Wildman–Crippen MR) is 70.9 cm³/mol. The van der Waals surface area contributed by atoms with E-state index in [2.05, 4.69) is 20.3 Å². The highest BCUT2D eigenvalue weighted by Crippen LogP contribution is 2.18. The van der Waals surface area contributed by atoms with Gasteiger partial charge in [-0.05, 0) is 13.0 Å². The van der Waals surface area contributed by atoms with Crippen LogP contribution in [0.25, 0.3) is 0 Å². The lowest BCUT2D eigenvalue weighted by molar-refractivity contribution is -0.385. The lowest BCUT2D eigenvalue weighted by Gasteiger charge is -2.05. The van der Waals surface area contributed by atoms with Gasteiger partial charge in [0.2, 0.25) is 0 Å². The topological polar surface area (TPSA) is 96.7 Å². The Morgan fingerprint density at radius 2 is 2.26 bits per heavy atom. The fraction of sp³-hybridized carbons (Fsp3) is 0.333. The van der Waals surface area contributed by atoms with Crippen LogP contribution in [-0.4, -0.2) is 19.9 Å². The van der Waals surface area contributed by atoms with Crippen LogP contribution in [0.1, 0.15) is 24.1 Å². The minimum atomic E-state index is -0.436. The van der Waals surface area contributed by atoms with Crippen LogP contribution >= 0.6 is 0 Å². The highest BCUT2D eigenvalue weighted by atomic mass is 16.6. The van der Waals surface area contributed by atoms with Gasteiger partial charge in [0.1, 0.15) is 17.3 Å². The molecule has 0 saturated carbocycles. The maximum atomic E-state index is 10.7. The summed E-state index contributed by atoms with van der Waals surface area (Å²) in [5, 5.41) is 13.8. The first-order valence-electron chi connectivity index (χ1n) is 5.98. The van der Waals surface area contributed by atoms with Crippen LogP contribution in [0.4, 0.5) is 11.5 Å². The van der Waals surface area contributed by atoms with E-state index in [-0.39, 0.29) is 5.69 Å². The van der Waals surface area contributed by atoms with Gasteiger partial charge in [-0.3, -0.25) is 10.1 Å². The van der Waals surface area contributed by atoms with E-state index in [0.29, 0.717) is 18.1 Å². The molecule has 2 aromatic heterocycles. The monoisotopic (exact) mass is 261 g/mol. The molecule has 2 aromatic rings. The van der Waals surface area contributed by atoms with Crippen LogP contribution < -0.4 is 5.32 Å². The van der Waals surface area contributed by atoms with E-state index in [1.165, 1.54) is 6.07 Å². The first-order chi connectivity index (χ1) is 9.10. The van der Waals surface area contributed by atoms with Crippen LogP contribution in [0.3, 0.4) is 0 Å². The third-order valence-electron chi connectivity index (χ3n) is 2.73. The van der Waals surface area contributed by atoms with Gasteiger partial charge in [-0.2, -0.15) is 0 Å². The zero-order valence-electron chi connectivity index (χ0n) is 10.8. The molecule has 0 atom stereocenters. The first-order valence-corrected chi connectivity index (χ1v) is 5.98. The molecule has 0 amide bonds. The number of pyridine rings is 1. The van der Waals surface area contributed by atoms with E-state index < -0.39 is 4.92 Å². The number of rotatable bonds is 5. The highest BCUT2D eigenvalue weighted by Gasteiger charge is 2.11. The van der Waals surface area contributed by atoms with Crippen molar-refractivity contribution in [2.24, 2.45) is 0 Å². The van der Waals surface area contributed by atoms with Crippen molar-refractivity contribution in [1.82, 2.24) is 15.0 Å². The third kappa shape index (κ3) is 3.06. The average molecular weight is 261 g/mol. The Morgan fingerprint density at radius 1 is 1.47 bits per heavy atom. The fourth-order valence-electron chi connectivity index (χ4n) is 1.71. The molecule has 0 aliphatic heterocycles. The summed E-state index contributed by atoms with van der Waals surface area (Å²) in [6.45, 7) is 4.20. The van der Waals surface area contributed by atoms with Gasteiger partial charge in [0.05, 0.1) is 23.4 Å². The van der Waals surface area contributed by atoms with E-state index in [1.807, 2.05) is 6.92 Å². The summed E-state index contributed by atoms with van der Waals surface area (Å²) < 4.78 is 0. The van der Waals surface area contributed by atoms with Gasteiger partial charge in [-0.15, -0.1) is 0 Å². The molecular formula is C12H15N5O2. The van der Waals surface area contributed by atoms with E-state index in [0.717, 1.165) is 17.9 Å². The van der Waals surface area contributed by atoms with Crippen LogP contribution in [0.15, 0.2) is 18.3 Å². The molecule has 0 aliphatic carbocycles. The highest BCUT2D eigenvalue weighted by molar-refractivity contribution is 5.44. The Bertz CT molecular complexity index is 594. The number of anilines is 1. The van der Waals surface area contributed by atoms with E-state index >= 15 is 0 Å². The number of nitrogens with one attached hydrogen (secondary N) is 2. The van der Waals surface area contributed by atoms with E-state index in [1.54, 1.807) is 19.2 Å². The molecule has 0 saturated heterocycles. The number of hydrogen-bond donors (Lipinski definition) is 2. The zero-order valence-corrected chi connectivity index (χ0v) is 10.8. The van der Waals surface area contributed by atoms with Gasteiger partial charge in [-0.25, -0.2) is 9.97 Å². The third-order valence-corrected chi connectivity index (χ3v) is 2.73. The van der Waals surface area contributed by atoms with Crippen LogP contribution in [0.5, 0.6) is 0 Å². The van der Waals surface area contributed by atoms with E-state index in [4.69, 9.17) is 0 Å². The summed E-state index contributed by atoms with van der Waals surface area (Å²) in [5.74, 6) is 1.54. The van der Waals surface area contributed by atoms with Gasteiger partial charge in [0.25, 0.3) is 5.69 Å². The lowest BCUT2D eigenvalue weighted by Crippen LogP contribution is -2.03. The molecule has 0 aliphatic rings. The Balaban J connectivity index is 2.03. The van der Waals surface area contributed by atoms with Gasteiger partial charge in [-0.1, -0.05) is 6.92 Å². The maximum absolute atomic E-state index is 10.7. The molecule has 100 valence electrons. The SMILES string of the molecule is CCc1ncc(CNc2ccc([N+](=O)[O-])c(C)n2)[nH]1. The second-order valence-corrected chi connectivity index (χ2v) is 4.12. The van der Waals surface area contributed by atoms with Gasteiger partial charge >= 0.3 is 0 Å². The molecule has 0 radical (unpaired) electrons. The van der Waals surface area contributed by atoms with Crippen molar-refractivity contribution in [3.63, 3.8) is 0 Å². The largest absolute Gasteiger partial charge is 0.364 e. The Kier molecular flexibility index (Phi) is 3.74. The van der Waals surface area contributed by atoms with Crippen molar-refractivity contribution in [2.45, 2.75) is 26.8 Å². The fourth-order valence-corrected chi connectivity index (χ4v) is 1.71. The minimum absolute atomic E-state index is 0.0281. The maximum Gasteiger partial charge on any atom is 0.290 e. The van der Waals surface area contributed by atoms with Crippen molar-refractivity contribution in [1.29, 1.82) is 0 Å². The number of H-pyrrole nitrogens is 1.